The molecule has 0 fully saturated rings. The number of rotatable bonds is 6. The van der Waals surface area contributed by atoms with Crippen LogP contribution < -0.4 is 10.1 Å². The Morgan fingerprint density at radius 3 is 2.95 bits per heavy atom. The Labute approximate surface area is 115 Å². The highest BCUT2D eigenvalue weighted by Crippen LogP contribution is 2.30. The third-order valence-electron chi connectivity index (χ3n) is 3.22. The second-order valence-electron chi connectivity index (χ2n) is 4.81. The van der Waals surface area contributed by atoms with Crippen molar-refractivity contribution < 1.29 is 13.2 Å². The fourth-order valence-electron chi connectivity index (χ4n) is 2.30. The highest BCUT2D eigenvalue weighted by molar-refractivity contribution is 7.91. The molecule has 0 spiro atoms. The fraction of sp³-hybridized carbons (Fsp3) is 0.571. The lowest BCUT2D eigenvalue weighted by atomic mass is 10.0. The van der Waals surface area contributed by atoms with E-state index in [1.165, 1.54) is 5.56 Å². The van der Waals surface area contributed by atoms with Crippen molar-refractivity contribution >= 4 is 15.5 Å². The average molecular weight is 283 g/mol. The van der Waals surface area contributed by atoms with Crippen molar-refractivity contribution in [1.29, 1.82) is 0 Å². The Bertz CT molecular complexity index is 525. The number of anilines is 1. The molecule has 0 aliphatic carbocycles. The Hall–Kier alpha value is -1.23. The highest BCUT2D eigenvalue weighted by Gasteiger charge is 2.14. The number of nitrogens with one attached hydrogen (secondary N) is 1. The molecule has 1 aromatic rings. The van der Waals surface area contributed by atoms with E-state index in [0.29, 0.717) is 6.42 Å². The number of hydrogen-bond acceptors (Lipinski definition) is 4. The van der Waals surface area contributed by atoms with Gasteiger partial charge in [0, 0.05) is 17.8 Å². The Balaban J connectivity index is 1.97. The summed E-state index contributed by atoms with van der Waals surface area (Å²) in [6.45, 7) is 3.10. The van der Waals surface area contributed by atoms with Crippen LogP contribution in [0.25, 0.3) is 0 Å². The molecule has 1 aliphatic rings. The van der Waals surface area contributed by atoms with Gasteiger partial charge in [-0.1, -0.05) is 13.0 Å². The summed E-state index contributed by atoms with van der Waals surface area (Å²) >= 11 is 0. The molecule has 5 heteroatoms. The van der Waals surface area contributed by atoms with Gasteiger partial charge in [-0.2, -0.15) is 0 Å². The van der Waals surface area contributed by atoms with E-state index >= 15 is 0 Å². The molecule has 1 aromatic carbocycles. The molecule has 2 rings (SSSR count). The van der Waals surface area contributed by atoms with Crippen LogP contribution in [0.2, 0.25) is 0 Å². The molecular weight excluding hydrogens is 262 g/mol. The smallest absolute Gasteiger partial charge is 0.153 e. The van der Waals surface area contributed by atoms with E-state index in [2.05, 4.69) is 5.32 Å². The van der Waals surface area contributed by atoms with Gasteiger partial charge in [0.25, 0.3) is 0 Å². The summed E-state index contributed by atoms with van der Waals surface area (Å²) in [5, 5.41) is 3.33. The van der Waals surface area contributed by atoms with Gasteiger partial charge in [-0.3, -0.25) is 0 Å². The summed E-state index contributed by atoms with van der Waals surface area (Å²) < 4.78 is 28.9. The van der Waals surface area contributed by atoms with E-state index in [9.17, 15) is 8.42 Å². The number of hydrogen-bond donors (Lipinski definition) is 1. The molecule has 0 amide bonds. The van der Waals surface area contributed by atoms with Crippen molar-refractivity contribution in [2.75, 3.05) is 30.0 Å². The quantitative estimate of drug-likeness (QED) is 0.870. The second kappa shape index (κ2) is 6.28. The van der Waals surface area contributed by atoms with Crippen LogP contribution in [-0.4, -0.2) is 33.1 Å². The third kappa shape index (κ3) is 3.86. The minimum atomic E-state index is -2.96. The van der Waals surface area contributed by atoms with Crippen LogP contribution in [0.4, 0.5) is 5.69 Å². The standard InChI is InChI=1S/C14H21NO3S/c1-2-10-19(16,17)11-9-18-14-7-3-6-13-12(14)5-4-8-15-13/h3,6-7,15H,2,4-5,8-11H2,1H3. The largest absolute Gasteiger partial charge is 0.492 e. The molecule has 4 nitrogen and oxygen atoms in total. The monoisotopic (exact) mass is 283 g/mol. The Morgan fingerprint density at radius 2 is 2.16 bits per heavy atom. The van der Waals surface area contributed by atoms with E-state index in [-0.39, 0.29) is 18.1 Å². The predicted octanol–water partition coefficient (Wildman–Crippen LogP) is 2.25. The molecule has 0 aromatic heterocycles. The van der Waals surface area contributed by atoms with Gasteiger partial charge in [-0.25, -0.2) is 8.42 Å². The summed E-state index contributed by atoms with van der Waals surface area (Å²) in [5.41, 5.74) is 2.28. The minimum Gasteiger partial charge on any atom is -0.492 e. The van der Waals surface area contributed by atoms with Crippen molar-refractivity contribution in [1.82, 2.24) is 0 Å². The molecule has 0 unspecified atom stereocenters. The first-order chi connectivity index (χ1) is 9.12. The molecule has 0 saturated carbocycles. The maximum absolute atomic E-state index is 11.6. The molecule has 0 saturated heterocycles. The van der Waals surface area contributed by atoms with Crippen LogP contribution in [0.1, 0.15) is 25.3 Å². The number of fused-ring (bicyclic) bond motifs is 1. The molecule has 1 N–H and O–H groups in total. The summed E-state index contributed by atoms with van der Waals surface area (Å²) in [7, 11) is -2.96. The Kier molecular flexibility index (Phi) is 4.69. The third-order valence-corrected chi connectivity index (χ3v) is 5.04. The highest BCUT2D eigenvalue weighted by atomic mass is 32.2. The summed E-state index contributed by atoms with van der Waals surface area (Å²) in [4.78, 5) is 0. The van der Waals surface area contributed by atoms with E-state index in [0.717, 1.165) is 30.8 Å². The Morgan fingerprint density at radius 1 is 1.32 bits per heavy atom. The van der Waals surface area contributed by atoms with Crippen molar-refractivity contribution in [3.8, 4) is 5.75 Å². The van der Waals surface area contributed by atoms with Crippen LogP contribution in [0.3, 0.4) is 0 Å². The molecule has 1 heterocycles. The molecule has 0 radical (unpaired) electrons. The van der Waals surface area contributed by atoms with E-state index in [1.807, 2.05) is 25.1 Å². The zero-order chi connectivity index (χ0) is 13.7. The molecule has 0 bridgehead atoms. The van der Waals surface area contributed by atoms with Gasteiger partial charge in [-0.15, -0.1) is 0 Å². The normalized spacial score (nSPS) is 14.6. The number of sulfone groups is 1. The summed E-state index contributed by atoms with van der Waals surface area (Å²) in [6.07, 6.45) is 2.73. The van der Waals surface area contributed by atoms with Crippen LogP contribution in [0.5, 0.6) is 5.75 Å². The van der Waals surface area contributed by atoms with Gasteiger partial charge in [-0.05, 0) is 31.4 Å². The first kappa shape index (κ1) is 14.2. The van der Waals surface area contributed by atoms with Crippen LogP contribution >= 0.6 is 0 Å². The van der Waals surface area contributed by atoms with Crippen LogP contribution in [-0.2, 0) is 16.3 Å². The van der Waals surface area contributed by atoms with Crippen molar-refractivity contribution in [2.24, 2.45) is 0 Å². The van der Waals surface area contributed by atoms with Gasteiger partial charge in [0.05, 0.1) is 11.5 Å². The zero-order valence-electron chi connectivity index (χ0n) is 11.3. The van der Waals surface area contributed by atoms with Gasteiger partial charge < -0.3 is 10.1 Å². The summed E-state index contributed by atoms with van der Waals surface area (Å²) in [5.74, 6) is 1.15. The first-order valence-electron chi connectivity index (χ1n) is 6.81. The maximum Gasteiger partial charge on any atom is 0.153 e. The topological polar surface area (TPSA) is 55.4 Å². The first-order valence-corrected chi connectivity index (χ1v) is 8.63. The van der Waals surface area contributed by atoms with E-state index in [1.54, 1.807) is 0 Å². The van der Waals surface area contributed by atoms with Gasteiger partial charge >= 0.3 is 0 Å². The fourth-order valence-corrected chi connectivity index (χ4v) is 3.47. The van der Waals surface area contributed by atoms with Crippen molar-refractivity contribution in [2.45, 2.75) is 26.2 Å². The summed E-state index contributed by atoms with van der Waals surface area (Å²) in [6, 6.07) is 5.89. The lowest BCUT2D eigenvalue weighted by Gasteiger charge is -2.20. The zero-order valence-corrected chi connectivity index (χ0v) is 12.1. The second-order valence-corrected chi connectivity index (χ2v) is 7.12. The molecule has 1 aliphatic heterocycles. The van der Waals surface area contributed by atoms with Crippen LogP contribution in [0.15, 0.2) is 18.2 Å². The van der Waals surface area contributed by atoms with E-state index < -0.39 is 9.84 Å². The predicted molar refractivity (Wildman–Crippen MR) is 77.7 cm³/mol. The molecule has 106 valence electrons. The van der Waals surface area contributed by atoms with Gasteiger partial charge in [0.15, 0.2) is 9.84 Å². The lowest BCUT2D eigenvalue weighted by Crippen LogP contribution is -2.18. The lowest BCUT2D eigenvalue weighted by molar-refractivity contribution is 0.337. The maximum atomic E-state index is 11.6. The van der Waals surface area contributed by atoms with Crippen molar-refractivity contribution in [3.63, 3.8) is 0 Å². The SMILES string of the molecule is CCCS(=O)(=O)CCOc1cccc2c1CCCN2. The van der Waals surface area contributed by atoms with Crippen LogP contribution in [0, 0.1) is 0 Å². The number of ether oxygens (including phenoxy) is 1. The molecule has 0 atom stereocenters. The number of benzene rings is 1. The molecule has 19 heavy (non-hydrogen) atoms. The van der Waals surface area contributed by atoms with Crippen molar-refractivity contribution in [3.05, 3.63) is 23.8 Å². The molecular formula is C14H21NO3S. The minimum absolute atomic E-state index is 0.0952. The van der Waals surface area contributed by atoms with Gasteiger partial charge in [0.1, 0.15) is 12.4 Å². The van der Waals surface area contributed by atoms with Gasteiger partial charge in [0.2, 0.25) is 0 Å². The average Bonchev–Trinajstić information content (AvgIpc) is 2.39. The van der Waals surface area contributed by atoms with E-state index in [4.69, 9.17) is 4.74 Å².